The molecule has 0 fully saturated rings. The largest absolute Gasteiger partial charge is 0.212 e. The molecule has 0 aliphatic rings. The van der Waals surface area contributed by atoms with Crippen LogP contribution in [-0.2, 0) is 13.5 Å². The SMILES string of the molecule is CCCCc1ccc(-c2cccc3ccccc23)[n+](C)c1. The Hall–Kier alpha value is -2.15. The van der Waals surface area contributed by atoms with Crippen molar-refractivity contribution in [1.29, 1.82) is 0 Å². The minimum atomic E-state index is 1.17. The van der Waals surface area contributed by atoms with Crippen LogP contribution in [-0.4, -0.2) is 0 Å². The Morgan fingerprint density at radius 1 is 0.905 bits per heavy atom. The van der Waals surface area contributed by atoms with Crippen molar-refractivity contribution in [3.63, 3.8) is 0 Å². The van der Waals surface area contributed by atoms with E-state index in [0.29, 0.717) is 0 Å². The fourth-order valence-corrected chi connectivity index (χ4v) is 2.92. The summed E-state index contributed by atoms with van der Waals surface area (Å²) >= 11 is 0. The van der Waals surface area contributed by atoms with Gasteiger partial charge in [0.05, 0.1) is 5.56 Å². The predicted octanol–water partition coefficient (Wildman–Crippen LogP) is 4.67. The van der Waals surface area contributed by atoms with Crippen molar-refractivity contribution in [1.82, 2.24) is 0 Å². The molecule has 0 unspecified atom stereocenters. The molecule has 1 heterocycles. The van der Waals surface area contributed by atoms with Gasteiger partial charge in [-0.3, -0.25) is 0 Å². The quantitative estimate of drug-likeness (QED) is 0.609. The molecule has 0 radical (unpaired) electrons. The minimum Gasteiger partial charge on any atom is -0.201 e. The van der Waals surface area contributed by atoms with Gasteiger partial charge in [0.25, 0.3) is 0 Å². The number of aromatic nitrogens is 1. The van der Waals surface area contributed by atoms with E-state index >= 15 is 0 Å². The number of unbranched alkanes of at least 4 members (excludes halogenated alkanes) is 1. The molecule has 0 saturated carbocycles. The molecule has 0 saturated heterocycles. The van der Waals surface area contributed by atoms with E-state index < -0.39 is 0 Å². The number of rotatable bonds is 4. The maximum atomic E-state index is 2.27. The van der Waals surface area contributed by atoms with Crippen molar-refractivity contribution in [2.75, 3.05) is 0 Å². The maximum Gasteiger partial charge on any atom is 0.212 e. The third-order valence-corrected chi connectivity index (χ3v) is 4.08. The third-order valence-electron chi connectivity index (χ3n) is 4.08. The van der Waals surface area contributed by atoms with Crippen molar-refractivity contribution >= 4 is 10.8 Å². The van der Waals surface area contributed by atoms with E-state index in [2.05, 4.69) is 79.3 Å². The summed E-state index contributed by atoms with van der Waals surface area (Å²) in [6.45, 7) is 2.24. The lowest BCUT2D eigenvalue weighted by molar-refractivity contribution is -0.660. The van der Waals surface area contributed by atoms with Gasteiger partial charge in [0.2, 0.25) is 5.69 Å². The van der Waals surface area contributed by atoms with Gasteiger partial charge in [0, 0.05) is 11.6 Å². The predicted molar refractivity (Wildman–Crippen MR) is 89.2 cm³/mol. The Kier molecular flexibility index (Phi) is 4.01. The molecule has 0 amide bonds. The van der Waals surface area contributed by atoms with Crippen molar-refractivity contribution in [3.05, 3.63) is 66.4 Å². The van der Waals surface area contributed by atoms with Crippen LogP contribution in [0, 0.1) is 0 Å². The normalized spacial score (nSPS) is 11.0. The first-order chi connectivity index (χ1) is 10.3. The molecule has 0 atom stereocenters. The third kappa shape index (κ3) is 2.82. The molecule has 3 aromatic rings. The average molecular weight is 276 g/mol. The Morgan fingerprint density at radius 3 is 2.52 bits per heavy atom. The first kappa shape index (κ1) is 13.8. The summed E-state index contributed by atoms with van der Waals surface area (Å²) in [6.07, 6.45) is 5.94. The maximum absolute atomic E-state index is 2.27. The highest BCUT2D eigenvalue weighted by atomic mass is 14.9. The van der Waals surface area contributed by atoms with Crippen LogP contribution in [0.25, 0.3) is 22.0 Å². The summed E-state index contributed by atoms with van der Waals surface area (Å²) in [6, 6.07) is 19.6. The zero-order valence-electron chi connectivity index (χ0n) is 12.8. The second-order valence-electron chi connectivity index (χ2n) is 5.66. The van der Waals surface area contributed by atoms with E-state index in [4.69, 9.17) is 0 Å². The van der Waals surface area contributed by atoms with Crippen molar-refractivity contribution in [2.45, 2.75) is 26.2 Å². The van der Waals surface area contributed by atoms with Crippen LogP contribution in [0.2, 0.25) is 0 Å². The second-order valence-corrected chi connectivity index (χ2v) is 5.66. The number of hydrogen-bond acceptors (Lipinski definition) is 0. The topological polar surface area (TPSA) is 3.88 Å². The van der Waals surface area contributed by atoms with Gasteiger partial charge in [0.1, 0.15) is 7.05 Å². The van der Waals surface area contributed by atoms with Crippen molar-refractivity contribution in [2.24, 2.45) is 7.05 Å². The molecule has 1 heteroatoms. The first-order valence-electron chi connectivity index (χ1n) is 7.76. The zero-order chi connectivity index (χ0) is 14.7. The monoisotopic (exact) mass is 276 g/mol. The summed E-state index contributed by atoms with van der Waals surface area (Å²) in [7, 11) is 2.15. The van der Waals surface area contributed by atoms with Crippen LogP contribution >= 0.6 is 0 Å². The van der Waals surface area contributed by atoms with E-state index in [1.165, 1.54) is 46.9 Å². The van der Waals surface area contributed by atoms with Gasteiger partial charge in [-0.25, -0.2) is 4.57 Å². The summed E-state index contributed by atoms with van der Waals surface area (Å²) in [5, 5.41) is 2.61. The molecule has 0 bridgehead atoms. The highest BCUT2D eigenvalue weighted by molar-refractivity contribution is 5.95. The summed E-state index contributed by atoms with van der Waals surface area (Å²) < 4.78 is 2.26. The standard InChI is InChI=1S/C20H22N/c1-3-4-8-16-13-14-20(21(2)15-16)19-12-7-10-17-9-5-6-11-18(17)19/h5-7,9-15H,3-4,8H2,1-2H3/q+1. The number of pyridine rings is 1. The molecule has 2 aromatic carbocycles. The number of aryl methyl sites for hydroxylation is 2. The molecule has 0 spiro atoms. The van der Waals surface area contributed by atoms with Gasteiger partial charge >= 0.3 is 0 Å². The van der Waals surface area contributed by atoms with Crippen molar-refractivity contribution < 1.29 is 4.57 Å². The molecule has 3 rings (SSSR count). The van der Waals surface area contributed by atoms with Crippen molar-refractivity contribution in [3.8, 4) is 11.3 Å². The fourth-order valence-electron chi connectivity index (χ4n) is 2.92. The summed E-state index contributed by atoms with van der Waals surface area (Å²) in [5.41, 5.74) is 3.99. The Morgan fingerprint density at radius 2 is 1.71 bits per heavy atom. The van der Waals surface area contributed by atoms with Crippen LogP contribution in [0.3, 0.4) is 0 Å². The lowest BCUT2D eigenvalue weighted by atomic mass is 10.0. The molecular weight excluding hydrogens is 254 g/mol. The second kappa shape index (κ2) is 6.09. The molecule has 0 N–H and O–H groups in total. The van der Waals surface area contributed by atoms with Gasteiger partial charge in [-0.15, -0.1) is 0 Å². The Labute approximate surface area is 126 Å². The number of benzene rings is 2. The van der Waals surface area contributed by atoms with Gasteiger partial charge in [-0.2, -0.15) is 0 Å². The van der Waals surface area contributed by atoms with Gasteiger partial charge < -0.3 is 0 Å². The molecule has 1 aromatic heterocycles. The molecule has 106 valence electrons. The highest BCUT2D eigenvalue weighted by Crippen LogP contribution is 2.26. The summed E-state index contributed by atoms with van der Waals surface area (Å²) in [5.74, 6) is 0. The lowest BCUT2D eigenvalue weighted by Crippen LogP contribution is -2.31. The fraction of sp³-hybridized carbons (Fsp3) is 0.250. The number of hydrogen-bond donors (Lipinski definition) is 0. The molecule has 1 nitrogen and oxygen atoms in total. The van der Waals surface area contributed by atoms with E-state index in [1.54, 1.807) is 0 Å². The van der Waals surface area contributed by atoms with Gasteiger partial charge in [-0.05, 0) is 35.7 Å². The van der Waals surface area contributed by atoms with E-state index in [9.17, 15) is 0 Å². The Bertz CT molecular complexity index is 753. The average Bonchev–Trinajstić information content (AvgIpc) is 2.53. The summed E-state index contributed by atoms with van der Waals surface area (Å²) in [4.78, 5) is 0. The number of fused-ring (bicyclic) bond motifs is 1. The van der Waals surface area contributed by atoms with Crippen LogP contribution in [0.4, 0.5) is 0 Å². The molecule has 21 heavy (non-hydrogen) atoms. The van der Waals surface area contributed by atoms with Crippen LogP contribution < -0.4 is 4.57 Å². The highest BCUT2D eigenvalue weighted by Gasteiger charge is 2.13. The number of nitrogens with zero attached hydrogens (tertiary/aromatic N) is 1. The zero-order valence-corrected chi connectivity index (χ0v) is 12.8. The smallest absolute Gasteiger partial charge is 0.201 e. The Balaban J connectivity index is 2.06. The van der Waals surface area contributed by atoms with Crippen LogP contribution in [0.5, 0.6) is 0 Å². The first-order valence-corrected chi connectivity index (χ1v) is 7.76. The van der Waals surface area contributed by atoms with Gasteiger partial charge in [-0.1, -0.05) is 49.7 Å². The molecule has 0 aliphatic heterocycles. The molecule has 0 aliphatic carbocycles. The van der Waals surface area contributed by atoms with E-state index in [-0.39, 0.29) is 0 Å². The minimum absolute atomic E-state index is 1.17. The van der Waals surface area contributed by atoms with Crippen LogP contribution in [0.15, 0.2) is 60.8 Å². The molecular formula is C20H22N+. The van der Waals surface area contributed by atoms with E-state index in [1.807, 2.05) is 0 Å². The lowest BCUT2D eigenvalue weighted by Gasteiger charge is -2.06. The van der Waals surface area contributed by atoms with E-state index in [0.717, 1.165) is 0 Å². The van der Waals surface area contributed by atoms with Crippen LogP contribution in [0.1, 0.15) is 25.3 Å². The van der Waals surface area contributed by atoms with Gasteiger partial charge in [0.15, 0.2) is 6.20 Å².